The van der Waals surface area contributed by atoms with Crippen LogP contribution in [0.1, 0.15) is 28.2 Å². The molecule has 160 valence electrons. The fourth-order valence-electron chi connectivity index (χ4n) is 3.38. The highest BCUT2D eigenvalue weighted by atomic mass is 35.5. The van der Waals surface area contributed by atoms with Gasteiger partial charge >= 0.3 is 0 Å². The van der Waals surface area contributed by atoms with Crippen LogP contribution in [0, 0.1) is 20.8 Å². The second kappa shape index (κ2) is 8.94. The number of thiazole rings is 1. The number of amides is 1. The van der Waals surface area contributed by atoms with E-state index in [1.54, 1.807) is 4.52 Å². The summed E-state index contributed by atoms with van der Waals surface area (Å²) in [7, 11) is 0. The van der Waals surface area contributed by atoms with Crippen molar-refractivity contribution in [2.24, 2.45) is 0 Å². The Kier molecular flexibility index (Phi) is 6.27. The Morgan fingerprint density at radius 2 is 1.90 bits per heavy atom. The number of carbonyl (C=O) groups excluding carboxylic acids is 1. The van der Waals surface area contributed by atoms with E-state index in [0.29, 0.717) is 33.9 Å². The van der Waals surface area contributed by atoms with Gasteiger partial charge in [-0.05, 0) is 51.1 Å². The molecule has 0 unspecified atom stereocenters. The second-order valence-corrected chi connectivity index (χ2v) is 9.46. The normalized spacial score (nSPS) is 11.3. The van der Waals surface area contributed by atoms with Crippen LogP contribution in [-0.4, -0.2) is 36.7 Å². The molecule has 0 aliphatic rings. The number of anilines is 1. The maximum atomic E-state index is 12.6. The minimum absolute atomic E-state index is 0.0845. The molecule has 7 nitrogen and oxygen atoms in total. The maximum Gasteiger partial charge on any atom is 0.253 e. The van der Waals surface area contributed by atoms with E-state index in [9.17, 15) is 4.79 Å². The average molecular weight is 473 g/mol. The topological polar surface area (TPSA) is 85.1 Å². The summed E-state index contributed by atoms with van der Waals surface area (Å²) in [5, 5.41) is 9.34. The number of aryl methyl sites for hydroxylation is 3. The van der Waals surface area contributed by atoms with E-state index in [4.69, 9.17) is 11.6 Å². The molecule has 0 fully saturated rings. The van der Waals surface area contributed by atoms with E-state index >= 15 is 0 Å². The summed E-state index contributed by atoms with van der Waals surface area (Å²) in [5.41, 5.74) is 4.67. The van der Waals surface area contributed by atoms with Crippen LogP contribution in [0.5, 0.6) is 0 Å². The van der Waals surface area contributed by atoms with Gasteiger partial charge in [0.05, 0.1) is 5.69 Å². The minimum Gasteiger partial charge on any atom is -0.302 e. The first-order valence-corrected chi connectivity index (χ1v) is 12.1. The van der Waals surface area contributed by atoms with E-state index in [1.165, 1.54) is 23.1 Å². The lowest BCUT2D eigenvalue weighted by molar-refractivity contribution is -0.116. The molecule has 0 radical (unpaired) electrons. The maximum absolute atomic E-state index is 12.6. The Morgan fingerprint density at radius 3 is 2.61 bits per heavy atom. The van der Waals surface area contributed by atoms with E-state index in [-0.39, 0.29) is 5.91 Å². The zero-order chi connectivity index (χ0) is 22.1. The first-order chi connectivity index (χ1) is 14.9. The fourth-order valence-corrected chi connectivity index (χ4v) is 4.70. The van der Waals surface area contributed by atoms with Crippen LogP contribution in [0.4, 0.5) is 5.13 Å². The molecule has 1 N–H and O–H groups in total. The zero-order valence-electron chi connectivity index (χ0n) is 17.6. The molecule has 3 aromatic heterocycles. The SMILES string of the molecule is CSc1nc2nc(C)c(CCC(=O)Nc3nc(-c4ccc(Cl)cc4)c(C)s3)c(C)n2n1. The number of rotatable bonds is 6. The van der Waals surface area contributed by atoms with Crippen molar-refractivity contribution in [3.05, 3.63) is 51.1 Å². The van der Waals surface area contributed by atoms with Crippen LogP contribution in [0.2, 0.25) is 5.02 Å². The molecule has 0 saturated heterocycles. The van der Waals surface area contributed by atoms with E-state index in [0.717, 1.165) is 33.1 Å². The lowest BCUT2D eigenvalue weighted by Crippen LogP contribution is -2.14. The Bertz CT molecular complexity index is 1270. The largest absolute Gasteiger partial charge is 0.302 e. The molecule has 0 aliphatic carbocycles. The van der Waals surface area contributed by atoms with Gasteiger partial charge in [-0.3, -0.25) is 4.79 Å². The molecule has 1 amide bonds. The number of hydrogen-bond donors (Lipinski definition) is 1. The van der Waals surface area contributed by atoms with Gasteiger partial charge < -0.3 is 5.32 Å². The molecule has 31 heavy (non-hydrogen) atoms. The van der Waals surface area contributed by atoms with E-state index < -0.39 is 0 Å². The summed E-state index contributed by atoms with van der Waals surface area (Å²) >= 11 is 8.91. The summed E-state index contributed by atoms with van der Waals surface area (Å²) in [5.74, 6) is 0.499. The summed E-state index contributed by atoms with van der Waals surface area (Å²) in [4.78, 5) is 27.2. The number of halogens is 1. The minimum atomic E-state index is -0.0845. The summed E-state index contributed by atoms with van der Waals surface area (Å²) in [6.45, 7) is 5.92. The van der Waals surface area contributed by atoms with Crippen molar-refractivity contribution in [3.8, 4) is 11.3 Å². The fraction of sp³-hybridized carbons (Fsp3) is 0.286. The van der Waals surface area contributed by atoms with Crippen LogP contribution in [-0.2, 0) is 11.2 Å². The zero-order valence-corrected chi connectivity index (χ0v) is 20.0. The van der Waals surface area contributed by atoms with Gasteiger partial charge in [0.1, 0.15) is 0 Å². The van der Waals surface area contributed by atoms with Crippen molar-refractivity contribution in [2.45, 2.75) is 38.8 Å². The second-order valence-electron chi connectivity index (χ2n) is 7.05. The van der Waals surface area contributed by atoms with Gasteiger partial charge in [-0.2, -0.15) is 4.98 Å². The lowest BCUT2D eigenvalue weighted by atomic mass is 10.1. The molecule has 0 spiro atoms. The Morgan fingerprint density at radius 1 is 1.16 bits per heavy atom. The average Bonchev–Trinajstić information content (AvgIpc) is 3.31. The van der Waals surface area contributed by atoms with Gasteiger partial charge in [-0.25, -0.2) is 14.5 Å². The van der Waals surface area contributed by atoms with Gasteiger partial charge in [0, 0.05) is 33.3 Å². The number of fused-ring (bicyclic) bond motifs is 1. The molecule has 0 atom stereocenters. The molecule has 1 aromatic carbocycles. The highest BCUT2D eigenvalue weighted by Crippen LogP contribution is 2.31. The third kappa shape index (κ3) is 4.58. The highest BCUT2D eigenvalue weighted by molar-refractivity contribution is 7.98. The van der Waals surface area contributed by atoms with Crippen molar-refractivity contribution < 1.29 is 4.79 Å². The van der Waals surface area contributed by atoms with Gasteiger partial charge in [0.15, 0.2) is 5.13 Å². The number of benzene rings is 1. The smallest absolute Gasteiger partial charge is 0.253 e. The van der Waals surface area contributed by atoms with Gasteiger partial charge in [-0.1, -0.05) is 35.5 Å². The van der Waals surface area contributed by atoms with Crippen molar-refractivity contribution in [2.75, 3.05) is 11.6 Å². The predicted molar refractivity (Wildman–Crippen MR) is 126 cm³/mol. The van der Waals surface area contributed by atoms with Crippen molar-refractivity contribution in [1.29, 1.82) is 0 Å². The third-order valence-corrected chi connectivity index (χ3v) is 6.65. The first-order valence-electron chi connectivity index (χ1n) is 9.65. The quantitative estimate of drug-likeness (QED) is 0.392. The predicted octanol–water partition coefficient (Wildman–Crippen LogP) is 5.12. The Labute approximate surface area is 193 Å². The molecule has 4 aromatic rings. The van der Waals surface area contributed by atoms with Crippen LogP contribution in [0.15, 0.2) is 29.4 Å². The molecule has 0 saturated carbocycles. The van der Waals surface area contributed by atoms with Crippen LogP contribution in [0.3, 0.4) is 0 Å². The first kappa shape index (κ1) is 21.7. The van der Waals surface area contributed by atoms with E-state index in [1.807, 2.05) is 51.3 Å². The Hall–Kier alpha value is -2.49. The van der Waals surface area contributed by atoms with Gasteiger partial charge in [0.2, 0.25) is 11.1 Å². The van der Waals surface area contributed by atoms with Crippen LogP contribution >= 0.6 is 34.7 Å². The molecule has 0 aliphatic heterocycles. The molecular formula is C21H21ClN6OS2. The number of aromatic nitrogens is 5. The monoisotopic (exact) mass is 472 g/mol. The van der Waals surface area contributed by atoms with E-state index in [2.05, 4.69) is 25.4 Å². The van der Waals surface area contributed by atoms with Crippen LogP contribution in [0.25, 0.3) is 17.0 Å². The van der Waals surface area contributed by atoms with Crippen molar-refractivity contribution in [1.82, 2.24) is 24.6 Å². The lowest BCUT2D eigenvalue weighted by Gasteiger charge is -2.10. The number of thioether (sulfide) groups is 1. The third-order valence-electron chi connectivity index (χ3n) is 4.97. The summed E-state index contributed by atoms with van der Waals surface area (Å²) < 4.78 is 1.74. The number of hydrogen-bond acceptors (Lipinski definition) is 7. The highest BCUT2D eigenvalue weighted by Gasteiger charge is 2.16. The molecule has 4 rings (SSSR count). The van der Waals surface area contributed by atoms with Gasteiger partial charge in [0.25, 0.3) is 5.78 Å². The summed E-state index contributed by atoms with van der Waals surface area (Å²) in [6, 6.07) is 7.52. The Balaban J connectivity index is 1.46. The molecule has 3 heterocycles. The molecule has 0 bridgehead atoms. The number of nitrogens with zero attached hydrogens (tertiary/aromatic N) is 5. The number of nitrogens with one attached hydrogen (secondary N) is 1. The van der Waals surface area contributed by atoms with Gasteiger partial charge in [-0.15, -0.1) is 16.4 Å². The summed E-state index contributed by atoms with van der Waals surface area (Å²) in [6.07, 6.45) is 2.82. The molecular weight excluding hydrogens is 452 g/mol. The van der Waals surface area contributed by atoms with Crippen LogP contribution < -0.4 is 5.32 Å². The van der Waals surface area contributed by atoms with Crippen molar-refractivity contribution >= 4 is 51.5 Å². The van der Waals surface area contributed by atoms with Crippen molar-refractivity contribution in [3.63, 3.8) is 0 Å². The standard InChI is InChI=1S/C21H21ClN6OS2/c1-11-16(12(2)28-19(23-11)26-21(27-28)30-4)9-10-17(29)24-20-25-18(13(3)31-20)14-5-7-15(22)8-6-14/h5-8H,9-10H2,1-4H3,(H,24,25,29). The number of carbonyl (C=O) groups is 1. The molecule has 10 heteroatoms.